The Kier molecular flexibility index (Phi) is 2.83. The summed E-state index contributed by atoms with van der Waals surface area (Å²) in [5.41, 5.74) is 2.22. The summed E-state index contributed by atoms with van der Waals surface area (Å²) in [6.07, 6.45) is 1.87. The molecule has 0 saturated heterocycles. The monoisotopic (exact) mass is 352 g/mol. The lowest BCUT2D eigenvalue weighted by molar-refractivity contribution is 0.563. The largest absolute Gasteiger partial charge is 0.422 e. The minimum atomic E-state index is -0.403. The SMILES string of the molecule is O=c1oc2ccc(Cl)cc2cc1-c1cn2c(n1)sc1ccccc12. The number of thiazole rings is 1. The molecular formula is C18H9ClN2O2S. The van der Waals surface area contributed by atoms with Crippen LogP contribution in [-0.2, 0) is 0 Å². The molecule has 4 nitrogen and oxygen atoms in total. The van der Waals surface area contributed by atoms with Crippen molar-refractivity contribution in [2.45, 2.75) is 0 Å². The van der Waals surface area contributed by atoms with Gasteiger partial charge in [0.2, 0.25) is 0 Å². The van der Waals surface area contributed by atoms with Crippen LogP contribution in [0.1, 0.15) is 0 Å². The maximum absolute atomic E-state index is 12.3. The van der Waals surface area contributed by atoms with Gasteiger partial charge in [0.1, 0.15) is 5.58 Å². The summed E-state index contributed by atoms with van der Waals surface area (Å²) in [6, 6.07) is 15.0. The van der Waals surface area contributed by atoms with Gasteiger partial charge < -0.3 is 4.42 Å². The zero-order chi connectivity index (χ0) is 16.3. The molecule has 0 bridgehead atoms. The molecule has 0 radical (unpaired) electrons. The summed E-state index contributed by atoms with van der Waals surface area (Å²) < 4.78 is 8.56. The molecule has 3 aromatic heterocycles. The first kappa shape index (κ1) is 13.8. The van der Waals surface area contributed by atoms with Gasteiger partial charge in [-0.1, -0.05) is 35.1 Å². The van der Waals surface area contributed by atoms with Crippen LogP contribution in [0, 0.1) is 0 Å². The molecule has 0 N–H and O–H groups in total. The third-order valence-corrected chi connectivity index (χ3v) is 5.24. The van der Waals surface area contributed by atoms with Crippen LogP contribution in [0.25, 0.3) is 37.4 Å². The number of para-hydroxylation sites is 1. The first-order valence-electron chi connectivity index (χ1n) is 7.29. The summed E-state index contributed by atoms with van der Waals surface area (Å²) in [4.78, 5) is 17.8. The van der Waals surface area contributed by atoms with Crippen molar-refractivity contribution in [1.29, 1.82) is 0 Å². The van der Waals surface area contributed by atoms with Crippen LogP contribution >= 0.6 is 22.9 Å². The third-order valence-electron chi connectivity index (χ3n) is 3.97. The Morgan fingerprint density at radius 3 is 2.92 bits per heavy atom. The molecule has 0 saturated carbocycles. The van der Waals surface area contributed by atoms with Crippen molar-refractivity contribution in [3.63, 3.8) is 0 Å². The van der Waals surface area contributed by atoms with E-state index in [0.717, 1.165) is 20.6 Å². The van der Waals surface area contributed by atoms with Crippen LogP contribution in [0.4, 0.5) is 0 Å². The van der Waals surface area contributed by atoms with E-state index < -0.39 is 5.63 Å². The van der Waals surface area contributed by atoms with Gasteiger partial charge in [-0.2, -0.15) is 0 Å². The maximum atomic E-state index is 12.3. The lowest BCUT2D eigenvalue weighted by Crippen LogP contribution is -2.02. The second-order valence-corrected chi connectivity index (χ2v) is 6.92. The van der Waals surface area contributed by atoms with E-state index in [1.807, 2.05) is 28.8 Å². The van der Waals surface area contributed by atoms with Crippen molar-refractivity contribution >= 4 is 49.1 Å². The van der Waals surface area contributed by atoms with Gasteiger partial charge in [0.25, 0.3) is 0 Å². The molecule has 0 amide bonds. The van der Waals surface area contributed by atoms with E-state index in [0.29, 0.717) is 21.9 Å². The van der Waals surface area contributed by atoms with E-state index in [1.54, 1.807) is 35.6 Å². The minimum absolute atomic E-state index is 0.403. The van der Waals surface area contributed by atoms with Crippen LogP contribution in [0.5, 0.6) is 0 Å². The molecule has 3 heterocycles. The minimum Gasteiger partial charge on any atom is -0.422 e. The number of halogens is 1. The lowest BCUT2D eigenvalue weighted by atomic mass is 10.1. The molecule has 0 aliphatic rings. The summed E-state index contributed by atoms with van der Waals surface area (Å²) in [5.74, 6) is 0. The highest BCUT2D eigenvalue weighted by Gasteiger charge is 2.14. The predicted molar refractivity (Wildman–Crippen MR) is 97.1 cm³/mol. The van der Waals surface area contributed by atoms with E-state index in [1.165, 1.54) is 0 Å². The van der Waals surface area contributed by atoms with E-state index >= 15 is 0 Å². The van der Waals surface area contributed by atoms with Gasteiger partial charge in [0.15, 0.2) is 4.96 Å². The smallest absolute Gasteiger partial charge is 0.345 e. The molecule has 2 aromatic carbocycles. The predicted octanol–water partition coefficient (Wildman–Crippen LogP) is 4.98. The Morgan fingerprint density at radius 1 is 1.12 bits per heavy atom. The topological polar surface area (TPSA) is 47.5 Å². The van der Waals surface area contributed by atoms with E-state index in [-0.39, 0.29) is 0 Å². The number of aromatic nitrogens is 2. The van der Waals surface area contributed by atoms with Crippen molar-refractivity contribution in [3.8, 4) is 11.3 Å². The van der Waals surface area contributed by atoms with Gasteiger partial charge >= 0.3 is 5.63 Å². The van der Waals surface area contributed by atoms with Gasteiger partial charge in [-0.05, 0) is 36.4 Å². The molecule has 6 heteroatoms. The molecule has 0 spiro atoms. The number of nitrogens with zero attached hydrogens (tertiary/aromatic N) is 2. The Bertz CT molecular complexity index is 1300. The summed E-state index contributed by atoms with van der Waals surface area (Å²) in [7, 11) is 0. The fraction of sp³-hybridized carbons (Fsp3) is 0. The second kappa shape index (κ2) is 4.93. The Hall–Kier alpha value is -2.63. The standard InChI is InChI=1S/C18H9ClN2O2S/c19-11-5-6-15-10(7-11)8-12(17(22)23-15)13-9-21-14-3-1-2-4-16(14)24-18(21)20-13/h1-9H. The molecule has 0 aliphatic heterocycles. The molecule has 0 fully saturated rings. The molecule has 24 heavy (non-hydrogen) atoms. The zero-order valence-corrected chi connectivity index (χ0v) is 13.8. The number of rotatable bonds is 1. The Labute approximate surface area is 144 Å². The quantitative estimate of drug-likeness (QED) is 0.400. The maximum Gasteiger partial charge on any atom is 0.345 e. The van der Waals surface area contributed by atoms with Crippen LogP contribution in [0.15, 0.2) is 63.9 Å². The van der Waals surface area contributed by atoms with E-state index in [2.05, 4.69) is 11.1 Å². The van der Waals surface area contributed by atoms with Crippen molar-refractivity contribution in [2.75, 3.05) is 0 Å². The van der Waals surface area contributed by atoms with Crippen molar-refractivity contribution in [3.05, 3.63) is 70.2 Å². The highest BCUT2D eigenvalue weighted by atomic mass is 35.5. The Balaban J connectivity index is 1.78. The van der Waals surface area contributed by atoms with Gasteiger partial charge in [0.05, 0.1) is 21.5 Å². The fourth-order valence-electron chi connectivity index (χ4n) is 2.85. The average molecular weight is 353 g/mol. The number of imidazole rings is 1. The number of hydrogen-bond donors (Lipinski definition) is 0. The molecule has 0 unspecified atom stereocenters. The van der Waals surface area contributed by atoms with Crippen molar-refractivity contribution in [2.24, 2.45) is 0 Å². The van der Waals surface area contributed by atoms with Gasteiger partial charge in [-0.15, -0.1) is 0 Å². The van der Waals surface area contributed by atoms with E-state index in [9.17, 15) is 4.79 Å². The van der Waals surface area contributed by atoms with Crippen molar-refractivity contribution < 1.29 is 4.42 Å². The molecule has 116 valence electrons. The fourth-order valence-corrected chi connectivity index (χ4v) is 4.04. The molecule has 0 aliphatic carbocycles. The lowest BCUT2D eigenvalue weighted by Gasteiger charge is -2.00. The third kappa shape index (κ3) is 1.99. The van der Waals surface area contributed by atoms with Crippen LogP contribution < -0.4 is 5.63 Å². The number of hydrogen-bond acceptors (Lipinski definition) is 4. The number of benzene rings is 2. The molecule has 5 rings (SSSR count). The second-order valence-electron chi connectivity index (χ2n) is 5.48. The summed E-state index contributed by atoms with van der Waals surface area (Å²) in [6.45, 7) is 0. The summed E-state index contributed by atoms with van der Waals surface area (Å²) >= 11 is 7.62. The van der Waals surface area contributed by atoms with E-state index in [4.69, 9.17) is 16.0 Å². The Morgan fingerprint density at radius 2 is 2.00 bits per heavy atom. The molecule has 5 aromatic rings. The molecule has 0 atom stereocenters. The van der Waals surface area contributed by atoms with Gasteiger partial charge in [0, 0.05) is 16.6 Å². The number of fused-ring (bicyclic) bond motifs is 4. The molecular weight excluding hydrogens is 344 g/mol. The van der Waals surface area contributed by atoms with Crippen LogP contribution in [-0.4, -0.2) is 9.38 Å². The highest BCUT2D eigenvalue weighted by molar-refractivity contribution is 7.23. The highest BCUT2D eigenvalue weighted by Crippen LogP contribution is 2.29. The van der Waals surface area contributed by atoms with Crippen LogP contribution in [0.2, 0.25) is 5.02 Å². The van der Waals surface area contributed by atoms with Gasteiger partial charge in [-0.25, -0.2) is 9.78 Å². The normalized spacial score (nSPS) is 11.7. The first-order chi connectivity index (χ1) is 11.7. The van der Waals surface area contributed by atoms with Crippen molar-refractivity contribution in [1.82, 2.24) is 9.38 Å². The zero-order valence-electron chi connectivity index (χ0n) is 12.2. The van der Waals surface area contributed by atoms with Gasteiger partial charge in [-0.3, -0.25) is 4.40 Å². The summed E-state index contributed by atoms with van der Waals surface area (Å²) in [5, 5.41) is 1.37. The first-order valence-corrected chi connectivity index (χ1v) is 8.49. The van der Waals surface area contributed by atoms with Crippen LogP contribution in [0.3, 0.4) is 0 Å². The average Bonchev–Trinajstić information content (AvgIpc) is 3.12.